The van der Waals surface area contributed by atoms with E-state index in [1.165, 1.54) is 35.7 Å². The minimum Gasteiger partial charge on any atom is -0.465 e. The van der Waals surface area contributed by atoms with Crippen molar-refractivity contribution in [1.29, 1.82) is 0 Å². The van der Waals surface area contributed by atoms with Crippen LogP contribution < -0.4 is 5.32 Å². The van der Waals surface area contributed by atoms with Gasteiger partial charge in [0.05, 0.1) is 18.4 Å². The summed E-state index contributed by atoms with van der Waals surface area (Å²) in [5.41, 5.74) is 1.46. The van der Waals surface area contributed by atoms with Crippen molar-refractivity contribution in [2.75, 3.05) is 25.5 Å². The molecule has 0 spiro atoms. The van der Waals surface area contributed by atoms with Crippen LogP contribution in [0.5, 0.6) is 0 Å². The molecule has 2 aromatic carbocycles. The number of anilines is 1. The Balaban J connectivity index is 1.53. The van der Waals surface area contributed by atoms with Crippen molar-refractivity contribution >= 4 is 27.6 Å². The molecule has 0 atom stereocenters. The molecule has 0 aliphatic carbocycles. The van der Waals surface area contributed by atoms with Crippen LogP contribution in [-0.2, 0) is 25.3 Å². The number of hydrogen-bond acceptors (Lipinski definition) is 5. The molecule has 3 rings (SSSR count). The van der Waals surface area contributed by atoms with E-state index in [4.69, 9.17) is 0 Å². The molecular formula is C21H23FN2O5S. The van der Waals surface area contributed by atoms with E-state index in [9.17, 15) is 22.4 Å². The van der Waals surface area contributed by atoms with E-state index in [-0.39, 0.29) is 30.7 Å². The maximum Gasteiger partial charge on any atom is 0.337 e. The first-order chi connectivity index (χ1) is 14.3. The molecule has 1 amide bonds. The number of piperidine rings is 1. The normalized spacial score (nSPS) is 15.5. The number of carbonyl (C=O) groups is 2. The average molecular weight is 434 g/mol. The zero-order valence-electron chi connectivity index (χ0n) is 16.5. The fraction of sp³-hybridized carbons (Fsp3) is 0.333. The SMILES string of the molecule is COC(=O)c1ccc(NC(=O)C2CCN(S(=O)(=O)Cc3ccc(F)cc3)CC2)cc1. The number of benzene rings is 2. The van der Waals surface area contributed by atoms with Crippen LogP contribution in [0.3, 0.4) is 0 Å². The molecule has 1 heterocycles. The lowest BCUT2D eigenvalue weighted by molar-refractivity contribution is -0.120. The van der Waals surface area contributed by atoms with Crippen molar-refractivity contribution in [1.82, 2.24) is 4.31 Å². The monoisotopic (exact) mass is 434 g/mol. The first kappa shape index (κ1) is 21.9. The fourth-order valence-electron chi connectivity index (χ4n) is 3.33. The third kappa shape index (κ3) is 5.43. The summed E-state index contributed by atoms with van der Waals surface area (Å²) in [4.78, 5) is 24.0. The van der Waals surface area contributed by atoms with Crippen LogP contribution in [0.4, 0.5) is 10.1 Å². The second-order valence-electron chi connectivity index (χ2n) is 7.11. The first-order valence-corrected chi connectivity index (χ1v) is 11.1. The Morgan fingerprint density at radius 2 is 1.67 bits per heavy atom. The smallest absolute Gasteiger partial charge is 0.337 e. The van der Waals surface area contributed by atoms with Crippen molar-refractivity contribution in [3.8, 4) is 0 Å². The number of halogens is 1. The number of amides is 1. The number of carbonyl (C=O) groups excluding carboxylic acids is 2. The maximum absolute atomic E-state index is 13.0. The second kappa shape index (κ2) is 9.36. The van der Waals surface area contributed by atoms with Crippen molar-refractivity contribution in [2.45, 2.75) is 18.6 Å². The van der Waals surface area contributed by atoms with Gasteiger partial charge in [-0.1, -0.05) is 12.1 Å². The van der Waals surface area contributed by atoms with E-state index >= 15 is 0 Å². The summed E-state index contributed by atoms with van der Waals surface area (Å²) in [5.74, 6) is -1.56. The zero-order chi connectivity index (χ0) is 21.7. The van der Waals surface area contributed by atoms with Gasteiger partial charge in [0.1, 0.15) is 5.82 Å². The highest BCUT2D eigenvalue weighted by Crippen LogP contribution is 2.23. The summed E-state index contributed by atoms with van der Waals surface area (Å²) >= 11 is 0. The van der Waals surface area contributed by atoms with Crippen LogP contribution in [0, 0.1) is 11.7 Å². The molecule has 1 saturated heterocycles. The van der Waals surface area contributed by atoms with Gasteiger partial charge in [-0.3, -0.25) is 4.79 Å². The second-order valence-corrected chi connectivity index (χ2v) is 9.08. The Hall–Kier alpha value is -2.78. The molecule has 2 aromatic rings. The molecule has 0 aromatic heterocycles. The lowest BCUT2D eigenvalue weighted by atomic mass is 9.97. The molecule has 1 aliphatic rings. The van der Waals surface area contributed by atoms with Gasteiger partial charge >= 0.3 is 5.97 Å². The van der Waals surface area contributed by atoms with Crippen molar-refractivity contribution in [3.05, 3.63) is 65.5 Å². The topological polar surface area (TPSA) is 92.8 Å². The quantitative estimate of drug-likeness (QED) is 0.706. The standard InChI is InChI=1S/C21H23FN2O5S/c1-29-21(26)17-4-8-19(9-5-17)23-20(25)16-10-12-24(13-11-16)30(27,28)14-15-2-6-18(22)7-3-15/h2-9,16H,10-14H2,1H3,(H,23,25). The van der Waals surface area contributed by atoms with Gasteiger partial charge < -0.3 is 10.1 Å². The molecule has 30 heavy (non-hydrogen) atoms. The zero-order valence-corrected chi connectivity index (χ0v) is 17.3. The van der Waals surface area contributed by atoms with Gasteiger partial charge in [-0.05, 0) is 54.8 Å². The minimum absolute atomic E-state index is 0.184. The lowest BCUT2D eigenvalue weighted by Crippen LogP contribution is -2.41. The summed E-state index contributed by atoms with van der Waals surface area (Å²) in [5, 5.41) is 2.80. The highest BCUT2D eigenvalue weighted by atomic mass is 32.2. The summed E-state index contributed by atoms with van der Waals surface area (Å²) in [6, 6.07) is 11.7. The van der Waals surface area contributed by atoms with E-state index in [0.29, 0.717) is 29.7 Å². The molecule has 0 radical (unpaired) electrons. The van der Waals surface area contributed by atoms with E-state index in [1.807, 2.05) is 0 Å². The molecule has 160 valence electrons. The van der Waals surface area contributed by atoms with E-state index in [2.05, 4.69) is 10.1 Å². The maximum atomic E-state index is 13.0. The van der Waals surface area contributed by atoms with Gasteiger partial charge in [-0.25, -0.2) is 21.9 Å². The van der Waals surface area contributed by atoms with Gasteiger partial charge in [0.25, 0.3) is 0 Å². The number of sulfonamides is 1. The Morgan fingerprint density at radius 1 is 1.07 bits per heavy atom. The van der Waals surface area contributed by atoms with Crippen molar-refractivity contribution < 1.29 is 27.1 Å². The van der Waals surface area contributed by atoms with Crippen LogP contribution in [-0.4, -0.2) is 44.8 Å². The van der Waals surface area contributed by atoms with Crippen LogP contribution in [0.1, 0.15) is 28.8 Å². The van der Waals surface area contributed by atoms with Crippen LogP contribution in [0.15, 0.2) is 48.5 Å². The Morgan fingerprint density at radius 3 is 2.23 bits per heavy atom. The molecule has 9 heteroatoms. The first-order valence-electron chi connectivity index (χ1n) is 9.50. The molecular weight excluding hydrogens is 411 g/mol. The third-order valence-corrected chi connectivity index (χ3v) is 6.90. The van der Waals surface area contributed by atoms with Gasteiger partial charge in [0.15, 0.2) is 0 Å². The Labute approximate surface area is 174 Å². The summed E-state index contributed by atoms with van der Waals surface area (Å²) in [6.45, 7) is 0.506. The Bertz CT molecular complexity index is 999. The molecule has 1 N–H and O–H groups in total. The Kier molecular flexibility index (Phi) is 6.84. The summed E-state index contributed by atoms with van der Waals surface area (Å²) < 4.78 is 44.2. The van der Waals surface area contributed by atoms with Gasteiger partial charge in [0, 0.05) is 24.7 Å². The number of methoxy groups -OCH3 is 1. The number of hydrogen-bond donors (Lipinski definition) is 1. The highest BCUT2D eigenvalue weighted by molar-refractivity contribution is 7.88. The van der Waals surface area contributed by atoms with Gasteiger partial charge in [-0.2, -0.15) is 0 Å². The number of rotatable bonds is 6. The van der Waals surface area contributed by atoms with Crippen LogP contribution in [0.2, 0.25) is 0 Å². The van der Waals surface area contributed by atoms with E-state index in [1.54, 1.807) is 24.3 Å². The third-order valence-electron chi connectivity index (χ3n) is 5.05. The van der Waals surface area contributed by atoms with Gasteiger partial charge in [0.2, 0.25) is 15.9 Å². The van der Waals surface area contributed by atoms with E-state index in [0.717, 1.165) is 0 Å². The molecule has 0 bridgehead atoms. The van der Waals surface area contributed by atoms with Crippen LogP contribution in [0.25, 0.3) is 0 Å². The number of nitrogens with zero attached hydrogens (tertiary/aromatic N) is 1. The molecule has 1 fully saturated rings. The lowest BCUT2D eigenvalue weighted by Gasteiger charge is -2.30. The van der Waals surface area contributed by atoms with Crippen molar-refractivity contribution in [3.63, 3.8) is 0 Å². The molecule has 0 saturated carbocycles. The summed E-state index contributed by atoms with van der Waals surface area (Å²) in [7, 11) is -2.24. The number of ether oxygens (including phenoxy) is 1. The fourth-order valence-corrected chi connectivity index (χ4v) is 4.89. The molecule has 1 aliphatic heterocycles. The largest absolute Gasteiger partial charge is 0.465 e. The molecule has 7 nitrogen and oxygen atoms in total. The highest BCUT2D eigenvalue weighted by Gasteiger charge is 2.31. The van der Waals surface area contributed by atoms with Gasteiger partial charge in [-0.15, -0.1) is 0 Å². The number of nitrogens with one attached hydrogen (secondary N) is 1. The van der Waals surface area contributed by atoms with Crippen molar-refractivity contribution in [2.24, 2.45) is 5.92 Å². The van der Waals surface area contributed by atoms with Crippen LogP contribution >= 0.6 is 0 Å². The summed E-state index contributed by atoms with van der Waals surface area (Å²) in [6.07, 6.45) is 0.823. The predicted molar refractivity (Wildman–Crippen MR) is 110 cm³/mol. The van der Waals surface area contributed by atoms with E-state index < -0.39 is 21.8 Å². The average Bonchev–Trinajstić information content (AvgIpc) is 2.75. The predicted octanol–water partition coefficient (Wildman–Crippen LogP) is 2.79. The number of esters is 1. The molecule has 0 unspecified atom stereocenters. The minimum atomic E-state index is -3.54.